The summed E-state index contributed by atoms with van der Waals surface area (Å²) < 4.78 is 34.9. The fourth-order valence-electron chi connectivity index (χ4n) is 0.615. The second-order valence-electron chi connectivity index (χ2n) is 3.27. The molecule has 0 atom stereocenters. The number of nitrogens with one attached hydrogen (secondary N) is 2. The molecule has 0 unspecified atom stereocenters. The highest BCUT2D eigenvalue weighted by Crippen LogP contribution is 2.11. The molecule has 2 N–H and O–H groups in total. The van der Waals surface area contributed by atoms with Crippen molar-refractivity contribution in [3.63, 3.8) is 0 Å². The van der Waals surface area contributed by atoms with Crippen LogP contribution in [0.25, 0.3) is 0 Å². The fourth-order valence-corrected chi connectivity index (χ4v) is 0.615. The summed E-state index contributed by atoms with van der Waals surface area (Å²) in [5.41, 5.74) is 0. The van der Waals surface area contributed by atoms with Crippen LogP contribution in [-0.2, 0) is 4.79 Å². The summed E-state index contributed by atoms with van der Waals surface area (Å²) in [7, 11) is 0. The van der Waals surface area contributed by atoms with E-state index in [1.807, 2.05) is 5.32 Å². The lowest BCUT2D eigenvalue weighted by Gasteiger charge is -2.10. The largest absolute Gasteiger partial charge is 0.405 e. The molecule has 0 heterocycles. The molecule has 0 bridgehead atoms. The Hall–Kier alpha value is -1.27. The summed E-state index contributed by atoms with van der Waals surface area (Å²) in [6, 6.07) is -0.999. The highest BCUT2D eigenvalue weighted by Gasteiger charge is 2.27. The van der Waals surface area contributed by atoms with Crippen molar-refractivity contribution in [3.05, 3.63) is 0 Å². The number of carbonyl (C=O) groups excluding carboxylic acids is 2. The van der Waals surface area contributed by atoms with Crippen molar-refractivity contribution in [2.75, 3.05) is 13.1 Å². The normalized spacial score (nSPS) is 11.3. The first kappa shape index (κ1) is 13.7. The van der Waals surface area contributed by atoms with Crippen LogP contribution < -0.4 is 10.6 Å². The standard InChI is InChI=1S/C8H13F3N2O2/c1-5(2)6(14)3-12-7(15)13-4-8(9,10)11/h5H,3-4H2,1-2H3,(H2,12,13,15). The Bertz CT molecular complexity index is 239. The zero-order valence-corrected chi connectivity index (χ0v) is 8.44. The maximum absolute atomic E-state index is 11.6. The Morgan fingerprint density at radius 1 is 1.20 bits per heavy atom. The topological polar surface area (TPSA) is 58.2 Å². The van der Waals surface area contributed by atoms with Crippen LogP contribution in [0.3, 0.4) is 0 Å². The molecule has 0 saturated carbocycles. The van der Waals surface area contributed by atoms with E-state index in [9.17, 15) is 22.8 Å². The van der Waals surface area contributed by atoms with Crippen molar-refractivity contribution in [2.24, 2.45) is 5.92 Å². The summed E-state index contributed by atoms with van der Waals surface area (Å²) in [4.78, 5) is 21.7. The monoisotopic (exact) mass is 226 g/mol. The zero-order chi connectivity index (χ0) is 12.1. The van der Waals surface area contributed by atoms with Gasteiger partial charge in [-0.3, -0.25) is 4.79 Å². The SMILES string of the molecule is CC(C)C(=O)CNC(=O)NCC(F)(F)F. The number of rotatable bonds is 4. The summed E-state index contributed by atoms with van der Waals surface area (Å²) >= 11 is 0. The number of urea groups is 1. The van der Waals surface area contributed by atoms with Crippen molar-refractivity contribution in [1.82, 2.24) is 10.6 Å². The average molecular weight is 226 g/mol. The van der Waals surface area contributed by atoms with Gasteiger partial charge in [0.1, 0.15) is 6.54 Å². The van der Waals surface area contributed by atoms with Crippen LogP contribution in [0.2, 0.25) is 0 Å². The summed E-state index contributed by atoms with van der Waals surface area (Å²) in [5.74, 6) is -0.495. The van der Waals surface area contributed by atoms with E-state index in [4.69, 9.17) is 0 Å². The van der Waals surface area contributed by atoms with Crippen LogP contribution in [0.5, 0.6) is 0 Å². The number of alkyl halides is 3. The Balaban J connectivity index is 3.72. The highest BCUT2D eigenvalue weighted by atomic mass is 19.4. The first-order valence-electron chi connectivity index (χ1n) is 4.33. The van der Waals surface area contributed by atoms with Gasteiger partial charge in [0, 0.05) is 5.92 Å². The van der Waals surface area contributed by atoms with E-state index in [1.54, 1.807) is 19.2 Å². The molecule has 15 heavy (non-hydrogen) atoms. The molecule has 2 amide bonds. The second kappa shape index (κ2) is 5.57. The number of ketones is 1. The van der Waals surface area contributed by atoms with Gasteiger partial charge in [-0.05, 0) is 0 Å². The van der Waals surface area contributed by atoms with Gasteiger partial charge in [0.2, 0.25) is 0 Å². The van der Waals surface area contributed by atoms with Crippen molar-refractivity contribution in [3.8, 4) is 0 Å². The second-order valence-corrected chi connectivity index (χ2v) is 3.27. The number of carbonyl (C=O) groups is 2. The first-order valence-corrected chi connectivity index (χ1v) is 4.33. The Morgan fingerprint density at radius 2 is 1.73 bits per heavy atom. The van der Waals surface area contributed by atoms with Crippen LogP contribution in [-0.4, -0.2) is 31.1 Å². The lowest BCUT2D eigenvalue weighted by molar-refractivity contribution is -0.122. The molecule has 0 aromatic carbocycles. The predicted molar refractivity (Wildman–Crippen MR) is 47.3 cm³/mol. The first-order chi connectivity index (χ1) is 6.72. The predicted octanol–water partition coefficient (Wildman–Crippen LogP) is 1.07. The number of amides is 2. The molecular weight excluding hydrogens is 213 g/mol. The third-order valence-electron chi connectivity index (χ3n) is 1.52. The average Bonchev–Trinajstić information content (AvgIpc) is 2.09. The number of hydrogen-bond acceptors (Lipinski definition) is 2. The Morgan fingerprint density at radius 3 is 2.13 bits per heavy atom. The summed E-state index contributed by atoms with van der Waals surface area (Å²) in [5, 5.41) is 3.63. The highest BCUT2D eigenvalue weighted by molar-refractivity contribution is 5.86. The van der Waals surface area contributed by atoms with Gasteiger partial charge in [0.05, 0.1) is 6.54 Å². The molecule has 0 radical (unpaired) electrons. The number of halogens is 3. The molecule has 0 aromatic rings. The van der Waals surface area contributed by atoms with Crippen molar-refractivity contribution in [2.45, 2.75) is 20.0 Å². The molecule has 0 rings (SSSR count). The smallest absolute Gasteiger partial charge is 0.331 e. The van der Waals surface area contributed by atoms with E-state index >= 15 is 0 Å². The molecule has 0 aliphatic carbocycles. The van der Waals surface area contributed by atoms with Crippen LogP contribution >= 0.6 is 0 Å². The number of Topliss-reactive ketones (excluding diaryl/α,β-unsaturated/α-hetero) is 1. The van der Waals surface area contributed by atoms with Gasteiger partial charge in [0.25, 0.3) is 0 Å². The maximum Gasteiger partial charge on any atom is 0.405 e. The van der Waals surface area contributed by atoms with Crippen LogP contribution in [0.15, 0.2) is 0 Å². The van der Waals surface area contributed by atoms with Crippen LogP contribution in [0.1, 0.15) is 13.8 Å². The molecule has 7 heteroatoms. The molecule has 0 aliphatic rings. The van der Waals surface area contributed by atoms with E-state index in [2.05, 4.69) is 0 Å². The molecule has 0 fully saturated rings. The van der Waals surface area contributed by atoms with Gasteiger partial charge < -0.3 is 10.6 Å². The van der Waals surface area contributed by atoms with Crippen molar-refractivity contribution < 1.29 is 22.8 Å². The van der Waals surface area contributed by atoms with E-state index in [1.165, 1.54) is 0 Å². The van der Waals surface area contributed by atoms with Gasteiger partial charge in [-0.25, -0.2) is 4.79 Å². The molecule has 0 saturated heterocycles. The minimum Gasteiger partial charge on any atom is -0.331 e. The molecular formula is C8H13F3N2O2. The zero-order valence-electron chi connectivity index (χ0n) is 8.44. The van der Waals surface area contributed by atoms with Crippen LogP contribution in [0.4, 0.5) is 18.0 Å². The van der Waals surface area contributed by atoms with Gasteiger partial charge >= 0.3 is 12.2 Å². The third-order valence-corrected chi connectivity index (χ3v) is 1.52. The molecule has 0 aliphatic heterocycles. The van der Waals surface area contributed by atoms with Crippen LogP contribution in [0, 0.1) is 5.92 Å². The summed E-state index contributed by atoms with van der Waals surface area (Å²) in [6.07, 6.45) is -4.45. The lowest BCUT2D eigenvalue weighted by Crippen LogP contribution is -2.43. The number of hydrogen-bond donors (Lipinski definition) is 2. The molecule has 0 spiro atoms. The maximum atomic E-state index is 11.6. The fraction of sp³-hybridized carbons (Fsp3) is 0.750. The Labute approximate surface area is 85.2 Å². The minimum atomic E-state index is -4.45. The molecule has 4 nitrogen and oxygen atoms in total. The molecule has 0 aromatic heterocycles. The Kier molecular flexibility index (Phi) is 5.10. The van der Waals surface area contributed by atoms with Gasteiger partial charge in [-0.2, -0.15) is 13.2 Å². The van der Waals surface area contributed by atoms with E-state index in [0.29, 0.717) is 0 Å². The van der Waals surface area contributed by atoms with E-state index < -0.39 is 18.8 Å². The third kappa shape index (κ3) is 7.77. The van der Waals surface area contributed by atoms with Gasteiger partial charge in [-0.15, -0.1) is 0 Å². The minimum absolute atomic E-state index is 0.239. The van der Waals surface area contributed by atoms with Gasteiger partial charge in [0.15, 0.2) is 5.78 Å². The lowest BCUT2D eigenvalue weighted by atomic mass is 10.1. The van der Waals surface area contributed by atoms with Crippen molar-refractivity contribution in [1.29, 1.82) is 0 Å². The quantitative estimate of drug-likeness (QED) is 0.753. The van der Waals surface area contributed by atoms with E-state index in [-0.39, 0.29) is 18.2 Å². The molecule has 88 valence electrons. The van der Waals surface area contributed by atoms with E-state index in [0.717, 1.165) is 0 Å². The van der Waals surface area contributed by atoms with Crippen molar-refractivity contribution >= 4 is 11.8 Å². The summed E-state index contributed by atoms with van der Waals surface area (Å²) in [6.45, 7) is 1.60. The van der Waals surface area contributed by atoms with Gasteiger partial charge in [-0.1, -0.05) is 13.8 Å².